The summed E-state index contributed by atoms with van der Waals surface area (Å²) in [5, 5.41) is 8.91. The maximum absolute atomic E-state index is 10.9. The van der Waals surface area contributed by atoms with Gasteiger partial charge in [0.15, 0.2) is 0 Å². The van der Waals surface area contributed by atoms with Gasteiger partial charge >= 0.3 is 5.97 Å². The number of nitrogens with zero attached hydrogens (tertiary/aromatic N) is 1. The molecule has 106 valence electrons. The molecule has 20 heavy (non-hydrogen) atoms. The highest BCUT2D eigenvalue weighted by molar-refractivity contribution is 5.84. The molecular weight excluding hydrogens is 254 g/mol. The number of benzene rings is 1. The predicted octanol–water partition coefficient (Wildman–Crippen LogP) is 3.23. The molecule has 0 spiro atoms. The van der Waals surface area contributed by atoms with Crippen LogP contribution in [0.2, 0.25) is 0 Å². The first-order valence-corrected chi connectivity index (χ1v) is 6.52. The zero-order chi connectivity index (χ0) is 14.7. The minimum atomic E-state index is -1.03. The summed E-state index contributed by atoms with van der Waals surface area (Å²) in [6.45, 7) is 5.33. The topological polar surface area (TPSA) is 53.7 Å². The van der Waals surface area contributed by atoms with Gasteiger partial charge in [-0.25, -0.2) is 4.79 Å². The van der Waals surface area contributed by atoms with Crippen LogP contribution < -0.4 is 0 Å². The highest BCUT2D eigenvalue weighted by Crippen LogP contribution is 2.17. The van der Waals surface area contributed by atoms with Crippen molar-refractivity contribution < 1.29 is 14.3 Å². The van der Waals surface area contributed by atoms with Crippen LogP contribution in [-0.4, -0.2) is 23.0 Å². The van der Waals surface area contributed by atoms with Crippen molar-refractivity contribution in [3.05, 3.63) is 58.5 Å². The average molecular weight is 273 g/mol. The number of rotatable bonds is 5. The molecule has 4 heteroatoms. The van der Waals surface area contributed by atoms with Gasteiger partial charge in [0, 0.05) is 18.7 Å². The Morgan fingerprint density at radius 2 is 1.85 bits per heavy atom. The van der Waals surface area contributed by atoms with Crippen molar-refractivity contribution in [3.63, 3.8) is 0 Å². The summed E-state index contributed by atoms with van der Waals surface area (Å²) < 4.78 is 5.22. The highest BCUT2D eigenvalue weighted by atomic mass is 16.4. The second-order valence-electron chi connectivity index (χ2n) is 5.16. The highest BCUT2D eigenvalue weighted by Gasteiger charge is 2.14. The third-order valence-electron chi connectivity index (χ3n) is 3.24. The summed E-state index contributed by atoms with van der Waals surface area (Å²) in [4.78, 5) is 13.0. The fraction of sp³-hybridized carbons (Fsp3) is 0.312. The van der Waals surface area contributed by atoms with Crippen molar-refractivity contribution in [1.82, 2.24) is 4.90 Å². The molecule has 0 aliphatic rings. The van der Waals surface area contributed by atoms with Gasteiger partial charge < -0.3 is 9.52 Å². The van der Waals surface area contributed by atoms with Gasteiger partial charge in [0.2, 0.25) is 5.76 Å². The molecule has 0 aliphatic heterocycles. The first-order chi connectivity index (χ1) is 9.45. The lowest BCUT2D eigenvalue weighted by Crippen LogP contribution is -2.17. The summed E-state index contributed by atoms with van der Waals surface area (Å²) in [6, 6.07) is 10.0. The Hall–Kier alpha value is -2.07. The lowest BCUT2D eigenvalue weighted by molar-refractivity contribution is 0.0661. The monoisotopic (exact) mass is 273 g/mol. The van der Waals surface area contributed by atoms with Gasteiger partial charge in [-0.15, -0.1) is 0 Å². The van der Waals surface area contributed by atoms with Gasteiger partial charge in [-0.3, -0.25) is 4.90 Å². The maximum Gasteiger partial charge on any atom is 0.371 e. The number of hydrogen-bond donors (Lipinski definition) is 1. The number of hydrogen-bond acceptors (Lipinski definition) is 3. The molecular formula is C16H19NO3. The Morgan fingerprint density at radius 3 is 2.40 bits per heavy atom. The fourth-order valence-electron chi connectivity index (χ4n) is 2.13. The lowest BCUT2D eigenvalue weighted by atomic mass is 10.1. The van der Waals surface area contributed by atoms with E-state index < -0.39 is 5.97 Å². The number of aryl methyl sites for hydroxylation is 2. The van der Waals surface area contributed by atoms with E-state index in [1.807, 2.05) is 7.05 Å². The SMILES string of the molecule is Cc1ccc(CN(C)Cc2cc(C(=O)O)oc2C)cc1. The van der Waals surface area contributed by atoms with E-state index in [-0.39, 0.29) is 5.76 Å². The van der Waals surface area contributed by atoms with E-state index in [4.69, 9.17) is 9.52 Å². The normalized spacial score (nSPS) is 11.0. The Kier molecular flexibility index (Phi) is 4.25. The molecule has 2 aromatic rings. The molecule has 0 saturated heterocycles. The smallest absolute Gasteiger partial charge is 0.371 e. The van der Waals surface area contributed by atoms with Crippen molar-refractivity contribution >= 4 is 5.97 Å². The standard InChI is InChI=1S/C16H19NO3/c1-11-4-6-13(7-5-11)9-17(3)10-14-8-15(16(18)19)20-12(14)2/h4-8H,9-10H2,1-3H3,(H,18,19). The summed E-state index contributed by atoms with van der Waals surface area (Å²) in [5.41, 5.74) is 3.39. The van der Waals surface area contributed by atoms with Gasteiger partial charge in [0.25, 0.3) is 0 Å². The minimum Gasteiger partial charge on any atom is -0.475 e. The quantitative estimate of drug-likeness (QED) is 0.908. The zero-order valence-electron chi connectivity index (χ0n) is 12.0. The summed E-state index contributed by atoms with van der Waals surface area (Å²) in [6.07, 6.45) is 0. The average Bonchev–Trinajstić information content (AvgIpc) is 2.74. The third-order valence-corrected chi connectivity index (χ3v) is 3.24. The Morgan fingerprint density at radius 1 is 1.20 bits per heavy atom. The van der Waals surface area contributed by atoms with Gasteiger partial charge in [0.05, 0.1) is 0 Å². The van der Waals surface area contributed by atoms with E-state index in [2.05, 4.69) is 36.1 Å². The molecule has 1 heterocycles. The number of aromatic carboxylic acids is 1. The molecule has 1 N–H and O–H groups in total. The third kappa shape index (κ3) is 3.48. The Bertz CT molecular complexity index is 599. The van der Waals surface area contributed by atoms with E-state index >= 15 is 0 Å². The second kappa shape index (κ2) is 5.92. The molecule has 1 aromatic carbocycles. The fourth-order valence-corrected chi connectivity index (χ4v) is 2.13. The molecule has 0 bridgehead atoms. The van der Waals surface area contributed by atoms with Crippen LogP contribution in [0.5, 0.6) is 0 Å². The van der Waals surface area contributed by atoms with Crippen molar-refractivity contribution in [3.8, 4) is 0 Å². The van der Waals surface area contributed by atoms with E-state index in [1.165, 1.54) is 11.1 Å². The van der Waals surface area contributed by atoms with Crippen molar-refractivity contribution in [2.45, 2.75) is 26.9 Å². The van der Waals surface area contributed by atoms with Crippen LogP contribution in [0.3, 0.4) is 0 Å². The van der Waals surface area contributed by atoms with Crippen LogP contribution in [-0.2, 0) is 13.1 Å². The van der Waals surface area contributed by atoms with Crippen LogP contribution in [0.15, 0.2) is 34.7 Å². The summed E-state index contributed by atoms with van der Waals surface area (Å²) >= 11 is 0. The van der Waals surface area contributed by atoms with E-state index in [1.54, 1.807) is 13.0 Å². The summed E-state index contributed by atoms with van der Waals surface area (Å²) in [5.74, 6) is -0.361. The first-order valence-electron chi connectivity index (χ1n) is 6.52. The van der Waals surface area contributed by atoms with Crippen molar-refractivity contribution in [2.75, 3.05) is 7.05 Å². The maximum atomic E-state index is 10.9. The van der Waals surface area contributed by atoms with Crippen molar-refractivity contribution in [1.29, 1.82) is 0 Å². The molecule has 4 nitrogen and oxygen atoms in total. The molecule has 0 unspecified atom stereocenters. The molecule has 0 atom stereocenters. The Balaban J connectivity index is 2.02. The van der Waals surface area contributed by atoms with E-state index in [9.17, 15) is 4.79 Å². The number of carboxylic acids is 1. The van der Waals surface area contributed by atoms with Crippen molar-refractivity contribution in [2.24, 2.45) is 0 Å². The van der Waals surface area contributed by atoms with Crippen LogP contribution in [0.1, 0.15) is 33.0 Å². The zero-order valence-corrected chi connectivity index (χ0v) is 12.0. The van der Waals surface area contributed by atoms with Gasteiger partial charge in [0.1, 0.15) is 5.76 Å². The predicted molar refractivity (Wildman–Crippen MR) is 76.8 cm³/mol. The largest absolute Gasteiger partial charge is 0.475 e. The van der Waals surface area contributed by atoms with Gasteiger partial charge in [-0.1, -0.05) is 29.8 Å². The van der Waals surface area contributed by atoms with E-state index in [0.717, 1.165) is 12.1 Å². The van der Waals surface area contributed by atoms with Crippen LogP contribution in [0.4, 0.5) is 0 Å². The minimum absolute atomic E-state index is 0.00114. The lowest BCUT2D eigenvalue weighted by Gasteiger charge is -2.16. The molecule has 2 rings (SSSR count). The second-order valence-corrected chi connectivity index (χ2v) is 5.16. The molecule has 1 aromatic heterocycles. The molecule has 0 amide bonds. The first kappa shape index (κ1) is 14.3. The van der Waals surface area contributed by atoms with Crippen LogP contribution >= 0.6 is 0 Å². The molecule has 0 saturated carbocycles. The van der Waals surface area contributed by atoms with Gasteiger partial charge in [-0.2, -0.15) is 0 Å². The molecule has 0 fully saturated rings. The number of furan rings is 1. The van der Waals surface area contributed by atoms with Crippen LogP contribution in [0, 0.1) is 13.8 Å². The Labute approximate surface area is 118 Å². The number of carbonyl (C=O) groups is 1. The molecule has 0 radical (unpaired) electrons. The number of carboxylic acid groups (broad SMARTS) is 1. The molecule has 0 aliphatic carbocycles. The van der Waals surface area contributed by atoms with Crippen LogP contribution in [0.25, 0.3) is 0 Å². The van der Waals surface area contributed by atoms with Gasteiger partial charge in [-0.05, 0) is 32.5 Å². The summed E-state index contributed by atoms with van der Waals surface area (Å²) in [7, 11) is 2.01. The van der Waals surface area contributed by atoms with E-state index in [0.29, 0.717) is 12.3 Å².